The minimum absolute atomic E-state index is 0.0211. The fourth-order valence-electron chi connectivity index (χ4n) is 5.22. The number of fused-ring (bicyclic) bond motifs is 2. The van der Waals surface area contributed by atoms with E-state index in [9.17, 15) is 4.79 Å². The molecular formula is C21H27ClN6O. The lowest BCUT2D eigenvalue weighted by atomic mass is 9.64. The van der Waals surface area contributed by atoms with Gasteiger partial charge in [-0.05, 0) is 68.7 Å². The lowest BCUT2D eigenvalue weighted by Crippen LogP contribution is -2.75. The number of amides is 2. The van der Waals surface area contributed by atoms with E-state index in [4.69, 9.17) is 11.6 Å². The van der Waals surface area contributed by atoms with Crippen LogP contribution in [0.25, 0.3) is 11.4 Å². The molecule has 1 aromatic carbocycles. The van der Waals surface area contributed by atoms with Crippen molar-refractivity contribution < 1.29 is 4.79 Å². The highest BCUT2D eigenvalue weighted by atomic mass is 35.5. The van der Waals surface area contributed by atoms with Gasteiger partial charge in [0.05, 0.1) is 10.6 Å². The lowest BCUT2D eigenvalue weighted by molar-refractivity contribution is -0.0876. The Morgan fingerprint density at radius 3 is 3.00 bits per heavy atom. The van der Waals surface area contributed by atoms with Crippen LogP contribution in [0.15, 0.2) is 24.5 Å². The monoisotopic (exact) mass is 414 g/mol. The van der Waals surface area contributed by atoms with Crippen LogP contribution in [0, 0.1) is 11.8 Å². The average Bonchev–Trinajstić information content (AvgIpc) is 3.33. The summed E-state index contributed by atoms with van der Waals surface area (Å²) in [7, 11) is 0. The number of carbonyl (C=O) groups is 1. The van der Waals surface area contributed by atoms with Gasteiger partial charge in [-0.2, -0.15) is 5.10 Å². The van der Waals surface area contributed by atoms with Gasteiger partial charge in [-0.1, -0.05) is 18.5 Å². The van der Waals surface area contributed by atoms with Crippen molar-refractivity contribution in [3.05, 3.63) is 29.5 Å². The van der Waals surface area contributed by atoms with Crippen molar-refractivity contribution in [3.8, 4) is 11.4 Å². The molecule has 0 spiro atoms. The highest BCUT2D eigenvalue weighted by molar-refractivity contribution is 6.33. The fraction of sp³-hybridized carbons (Fsp3) is 0.571. The van der Waals surface area contributed by atoms with Crippen molar-refractivity contribution in [3.63, 3.8) is 0 Å². The van der Waals surface area contributed by atoms with Crippen molar-refractivity contribution in [2.24, 2.45) is 11.8 Å². The van der Waals surface area contributed by atoms with E-state index in [0.717, 1.165) is 43.8 Å². The average molecular weight is 415 g/mol. The minimum atomic E-state index is -0.0541. The number of nitrogens with one attached hydrogen (secondary N) is 3. The summed E-state index contributed by atoms with van der Waals surface area (Å²) in [6.45, 7) is 4.27. The van der Waals surface area contributed by atoms with E-state index in [1.165, 1.54) is 19.2 Å². The molecule has 2 aliphatic heterocycles. The zero-order valence-electron chi connectivity index (χ0n) is 16.6. The number of urea groups is 1. The summed E-state index contributed by atoms with van der Waals surface area (Å²) < 4.78 is 0. The van der Waals surface area contributed by atoms with Gasteiger partial charge >= 0.3 is 6.03 Å². The summed E-state index contributed by atoms with van der Waals surface area (Å²) in [5.74, 6) is 2.09. The third kappa shape index (κ3) is 3.62. The summed E-state index contributed by atoms with van der Waals surface area (Å²) in [4.78, 5) is 19.5. The topological polar surface area (TPSA) is 85.9 Å². The molecule has 2 bridgehead atoms. The summed E-state index contributed by atoms with van der Waals surface area (Å²) in [5.41, 5.74) is 1.38. The quantitative estimate of drug-likeness (QED) is 0.669. The van der Waals surface area contributed by atoms with Gasteiger partial charge in [-0.15, -0.1) is 0 Å². The molecule has 6 rings (SSSR count). The first-order valence-electron chi connectivity index (χ1n) is 10.5. The van der Waals surface area contributed by atoms with E-state index in [1.54, 1.807) is 6.07 Å². The molecule has 3 N–H and O–H groups in total. The summed E-state index contributed by atoms with van der Waals surface area (Å²) in [6, 6.07) is 5.77. The zero-order chi connectivity index (χ0) is 20.0. The van der Waals surface area contributed by atoms with Crippen LogP contribution in [0.3, 0.4) is 0 Å². The minimum Gasteiger partial charge on any atom is -0.314 e. The number of H-pyrrole nitrogens is 1. The lowest BCUT2D eigenvalue weighted by Gasteiger charge is -2.63. The largest absolute Gasteiger partial charge is 0.322 e. The van der Waals surface area contributed by atoms with E-state index in [0.29, 0.717) is 28.5 Å². The van der Waals surface area contributed by atoms with Gasteiger partial charge in [-0.3, -0.25) is 5.10 Å². The van der Waals surface area contributed by atoms with Gasteiger partial charge in [0.1, 0.15) is 6.33 Å². The predicted molar refractivity (Wildman–Crippen MR) is 113 cm³/mol. The highest BCUT2D eigenvalue weighted by Gasteiger charge is 2.57. The van der Waals surface area contributed by atoms with Crippen molar-refractivity contribution in [2.75, 3.05) is 18.4 Å². The number of halogens is 1. The third-order valence-electron chi connectivity index (χ3n) is 6.59. The number of hydrogen-bond donors (Lipinski definition) is 3. The highest BCUT2D eigenvalue weighted by Crippen LogP contribution is 2.49. The molecule has 4 fully saturated rings. The molecule has 4 aliphatic rings. The molecule has 2 amide bonds. The van der Waals surface area contributed by atoms with Gasteiger partial charge in [0.15, 0.2) is 5.82 Å². The Bertz CT molecular complexity index is 899. The smallest absolute Gasteiger partial charge is 0.314 e. The van der Waals surface area contributed by atoms with Crippen LogP contribution >= 0.6 is 11.6 Å². The Balaban J connectivity index is 1.31. The summed E-state index contributed by atoms with van der Waals surface area (Å²) in [5, 5.41) is 14.0. The molecule has 154 valence electrons. The van der Waals surface area contributed by atoms with Gasteiger partial charge in [-0.25, -0.2) is 9.78 Å². The van der Waals surface area contributed by atoms with Crippen molar-refractivity contribution in [1.29, 1.82) is 0 Å². The van der Waals surface area contributed by atoms with Crippen LogP contribution in [0.2, 0.25) is 5.02 Å². The van der Waals surface area contributed by atoms with Crippen LogP contribution in [-0.4, -0.2) is 50.8 Å². The molecule has 1 aromatic heterocycles. The Morgan fingerprint density at radius 1 is 1.38 bits per heavy atom. The number of piperidine rings is 1. The molecule has 2 aromatic rings. The number of nitrogens with zero attached hydrogens (tertiary/aromatic N) is 3. The molecule has 2 saturated heterocycles. The van der Waals surface area contributed by atoms with Gasteiger partial charge < -0.3 is 15.5 Å². The first-order chi connectivity index (χ1) is 14.0. The van der Waals surface area contributed by atoms with Crippen molar-refractivity contribution >= 4 is 23.3 Å². The van der Waals surface area contributed by atoms with E-state index in [-0.39, 0.29) is 11.6 Å². The second kappa shape index (κ2) is 7.29. The molecule has 0 radical (unpaired) electrons. The Labute approximate surface area is 175 Å². The standard InChI is InChI=1S/C21H27ClN6O/c1-13-6-16-9-21(8-13,11-23-10-14-2-3-14)28(16)20(29)26-15-4-5-18(22)17(7-15)19-24-12-25-27-19/h4-5,7,12-14,16,23H,2-3,6,8-11H2,1H3,(H,26,29)(H,24,25,27). The maximum atomic E-state index is 13.2. The molecule has 3 atom stereocenters. The van der Waals surface area contributed by atoms with Gasteiger partial charge in [0.25, 0.3) is 0 Å². The van der Waals surface area contributed by atoms with Crippen LogP contribution in [0.5, 0.6) is 0 Å². The summed E-state index contributed by atoms with van der Waals surface area (Å²) >= 11 is 6.31. The second-order valence-corrected chi connectivity index (χ2v) is 9.44. The molecular weight excluding hydrogens is 388 g/mol. The number of benzene rings is 1. The molecule has 2 saturated carbocycles. The zero-order valence-corrected chi connectivity index (χ0v) is 17.4. The van der Waals surface area contributed by atoms with E-state index in [2.05, 4.69) is 37.6 Å². The summed E-state index contributed by atoms with van der Waals surface area (Å²) in [6.07, 6.45) is 7.38. The van der Waals surface area contributed by atoms with Crippen LogP contribution in [-0.2, 0) is 0 Å². The van der Waals surface area contributed by atoms with Crippen LogP contribution < -0.4 is 10.6 Å². The maximum Gasteiger partial charge on any atom is 0.322 e. The molecule has 8 heteroatoms. The SMILES string of the molecule is CC1CC2CC(CNCC3CC3)(C1)N2C(=O)Nc1ccc(Cl)c(-c2ncn[nH]2)c1. The molecule has 7 nitrogen and oxygen atoms in total. The number of rotatable bonds is 6. The number of aromatic nitrogens is 3. The number of anilines is 1. The molecule has 29 heavy (non-hydrogen) atoms. The van der Waals surface area contributed by atoms with Crippen LogP contribution in [0.4, 0.5) is 10.5 Å². The first-order valence-corrected chi connectivity index (χ1v) is 10.9. The molecule has 3 unspecified atom stereocenters. The Hall–Kier alpha value is -2.12. The number of carbonyl (C=O) groups excluding carboxylic acids is 1. The van der Waals surface area contributed by atoms with E-state index in [1.807, 2.05) is 12.1 Å². The van der Waals surface area contributed by atoms with Gasteiger partial charge in [0.2, 0.25) is 0 Å². The number of hydrogen-bond acceptors (Lipinski definition) is 4. The van der Waals surface area contributed by atoms with Crippen LogP contribution in [0.1, 0.15) is 39.0 Å². The number of aromatic amines is 1. The first kappa shape index (κ1) is 18.9. The maximum absolute atomic E-state index is 13.2. The van der Waals surface area contributed by atoms with Crippen molar-refractivity contribution in [2.45, 2.75) is 50.6 Å². The molecule has 2 aliphatic carbocycles. The predicted octanol–water partition coefficient (Wildman–Crippen LogP) is 3.90. The molecule has 3 heterocycles. The normalized spacial score (nSPS) is 28.1. The fourth-order valence-corrected chi connectivity index (χ4v) is 5.42. The van der Waals surface area contributed by atoms with Gasteiger partial charge in [0, 0.05) is 23.8 Å². The third-order valence-corrected chi connectivity index (χ3v) is 6.91. The van der Waals surface area contributed by atoms with Crippen molar-refractivity contribution in [1.82, 2.24) is 25.4 Å². The van der Waals surface area contributed by atoms with E-state index < -0.39 is 0 Å². The second-order valence-electron chi connectivity index (χ2n) is 9.03. The Kier molecular flexibility index (Phi) is 4.75. The van der Waals surface area contributed by atoms with E-state index >= 15 is 0 Å². The Morgan fingerprint density at radius 2 is 2.24 bits per heavy atom.